The number of nitrogens with zero attached hydrogens (tertiary/aromatic N) is 3. The monoisotopic (exact) mass is 299 g/mol. The molecule has 0 bridgehead atoms. The molecule has 0 saturated carbocycles. The number of hydrogen-bond donors (Lipinski definition) is 1. The van der Waals surface area contributed by atoms with Crippen LogP contribution in [0.2, 0.25) is 25.7 Å². The van der Waals surface area contributed by atoms with Crippen molar-refractivity contribution in [1.29, 1.82) is 0 Å². The number of aromatic nitrogens is 2. The van der Waals surface area contributed by atoms with Crippen molar-refractivity contribution in [3.05, 3.63) is 17.7 Å². The van der Waals surface area contributed by atoms with Crippen molar-refractivity contribution in [2.75, 3.05) is 13.7 Å². The highest BCUT2D eigenvalue weighted by molar-refractivity contribution is 6.76. The number of hydrogen-bond acceptors (Lipinski definition) is 6. The Kier molecular flexibility index (Phi) is 5.90. The van der Waals surface area contributed by atoms with Gasteiger partial charge in [0.15, 0.2) is 11.5 Å². The van der Waals surface area contributed by atoms with Crippen molar-refractivity contribution in [2.24, 2.45) is 5.16 Å². The summed E-state index contributed by atoms with van der Waals surface area (Å²) >= 11 is 0. The van der Waals surface area contributed by atoms with Gasteiger partial charge in [0, 0.05) is 20.9 Å². The third kappa shape index (κ3) is 5.14. The summed E-state index contributed by atoms with van der Waals surface area (Å²) in [7, 11) is 0.150. The number of rotatable bonds is 7. The Labute approximate surface area is 119 Å². The zero-order valence-electron chi connectivity index (χ0n) is 12.3. The maximum absolute atomic E-state index is 11.4. The standard InChI is InChI=1S/C12H21N3O4Si/c1-18-12(16)10-8-15(11(14-10)7-13-17)9-19-5-6-20(2,3)4/h7-8,17H,5-6,9H2,1-4H3. The molecule has 0 unspecified atom stereocenters. The van der Waals surface area contributed by atoms with Gasteiger partial charge in [-0.05, 0) is 6.04 Å². The van der Waals surface area contributed by atoms with E-state index in [-0.39, 0.29) is 12.4 Å². The van der Waals surface area contributed by atoms with Crippen molar-refractivity contribution in [3.63, 3.8) is 0 Å². The minimum absolute atomic E-state index is 0.149. The molecule has 1 aromatic rings. The zero-order chi connectivity index (χ0) is 15.2. The minimum Gasteiger partial charge on any atom is -0.464 e. The van der Waals surface area contributed by atoms with E-state index in [1.807, 2.05) is 0 Å². The molecular formula is C12H21N3O4Si. The highest BCUT2D eigenvalue weighted by atomic mass is 28.3. The molecule has 0 aliphatic rings. The highest BCUT2D eigenvalue weighted by Crippen LogP contribution is 2.09. The molecule has 20 heavy (non-hydrogen) atoms. The molecule has 0 amide bonds. The Balaban J connectivity index is 2.68. The lowest BCUT2D eigenvalue weighted by molar-refractivity contribution is 0.0593. The van der Waals surface area contributed by atoms with Gasteiger partial charge in [0.2, 0.25) is 0 Å². The molecule has 0 aromatic carbocycles. The number of ether oxygens (including phenoxy) is 2. The van der Waals surface area contributed by atoms with Crippen LogP contribution in [-0.4, -0.2) is 48.7 Å². The number of carbonyl (C=O) groups excluding carboxylic acids is 1. The van der Waals surface area contributed by atoms with Crippen molar-refractivity contribution in [2.45, 2.75) is 32.4 Å². The van der Waals surface area contributed by atoms with E-state index in [1.165, 1.54) is 13.3 Å². The first-order valence-corrected chi connectivity index (χ1v) is 9.99. The average molecular weight is 299 g/mol. The van der Waals surface area contributed by atoms with E-state index in [9.17, 15) is 4.79 Å². The fourth-order valence-corrected chi connectivity index (χ4v) is 2.19. The second-order valence-electron chi connectivity index (χ2n) is 5.54. The molecule has 0 aliphatic heterocycles. The van der Waals surface area contributed by atoms with E-state index in [2.05, 4.69) is 34.5 Å². The van der Waals surface area contributed by atoms with Crippen LogP contribution in [0.3, 0.4) is 0 Å². The van der Waals surface area contributed by atoms with Crippen molar-refractivity contribution in [3.8, 4) is 0 Å². The predicted molar refractivity (Wildman–Crippen MR) is 77.1 cm³/mol. The van der Waals surface area contributed by atoms with Crippen LogP contribution in [0.25, 0.3) is 0 Å². The molecular weight excluding hydrogens is 278 g/mol. The first-order valence-electron chi connectivity index (χ1n) is 6.28. The molecule has 1 aromatic heterocycles. The normalized spacial score (nSPS) is 12.0. The number of oxime groups is 1. The summed E-state index contributed by atoms with van der Waals surface area (Å²) in [5, 5.41) is 11.5. The predicted octanol–water partition coefficient (Wildman–Crippen LogP) is 1.79. The van der Waals surface area contributed by atoms with Gasteiger partial charge in [0.05, 0.1) is 7.11 Å². The van der Waals surface area contributed by atoms with Crippen LogP contribution in [0.1, 0.15) is 16.3 Å². The van der Waals surface area contributed by atoms with Crippen LogP contribution in [0.5, 0.6) is 0 Å². The number of methoxy groups -OCH3 is 1. The average Bonchev–Trinajstić information content (AvgIpc) is 2.76. The van der Waals surface area contributed by atoms with Gasteiger partial charge in [0.1, 0.15) is 12.9 Å². The smallest absolute Gasteiger partial charge is 0.358 e. The van der Waals surface area contributed by atoms with Gasteiger partial charge in [0.25, 0.3) is 0 Å². The Hall–Kier alpha value is -1.67. The van der Waals surface area contributed by atoms with Gasteiger partial charge in [-0.1, -0.05) is 24.8 Å². The summed E-state index contributed by atoms with van der Waals surface area (Å²) in [5.41, 5.74) is 0.149. The summed E-state index contributed by atoms with van der Waals surface area (Å²) in [5.74, 6) is -0.209. The lowest BCUT2D eigenvalue weighted by Gasteiger charge is -2.15. The van der Waals surface area contributed by atoms with Crippen LogP contribution in [-0.2, 0) is 16.2 Å². The lowest BCUT2D eigenvalue weighted by Crippen LogP contribution is -2.22. The van der Waals surface area contributed by atoms with Gasteiger partial charge < -0.3 is 19.2 Å². The summed E-state index contributed by atoms with van der Waals surface area (Å²) in [6, 6.07) is 1.05. The van der Waals surface area contributed by atoms with Crippen LogP contribution < -0.4 is 0 Å². The topological polar surface area (TPSA) is 85.9 Å². The lowest BCUT2D eigenvalue weighted by atomic mass is 10.5. The summed E-state index contributed by atoms with van der Waals surface area (Å²) in [6.07, 6.45) is 2.66. The molecule has 0 aliphatic carbocycles. The van der Waals surface area contributed by atoms with Crippen LogP contribution in [0.4, 0.5) is 0 Å². The molecule has 1 N–H and O–H groups in total. The largest absolute Gasteiger partial charge is 0.464 e. The van der Waals surface area contributed by atoms with Crippen molar-refractivity contribution < 1.29 is 19.5 Å². The van der Waals surface area contributed by atoms with Crippen LogP contribution in [0, 0.1) is 0 Å². The Morgan fingerprint density at radius 2 is 2.25 bits per heavy atom. The van der Waals surface area contributed by atoms with E-state index in [0.717, 1.165) is 12.3 Å². The molecule has 0 radical (unpaired) electrons. The van der Waals surface area contributed by atoms with Gasteiger partial charge in [-0.3, -0.25) is 0 Å². The van der Waals surface area contributed by atoms with E-state index >= 15 is 0 Å². The van der Waals surface area contributed by atoms with Crippen molar-refractivity contribution >= 4 is 20.3 Å². The van der Waals surface area contributed by atoms with Gasteiger partial charge in [-0.15, -0.1) is 0 Å². The third-order valence-electron chi connectivity index (χ3n) is 2.60. The fourth-order valence-electron chi connectivity index (χ4n) is 1.43. The quantitative estimate of drug-likeness (QED) is 0.207. The van der Waals surface area contributed by atoms with E-state index in [4.69, 9.17) is 9.94 Å². The Morgan fingerprint density at radius 1 is 1.55 bits per heavy atom. The maximum Gasteiger partial charge on any atom is 0.358 e. The molecule has 7 nitrogen and oxygen atoms in total. The molecule has 0 saturated heterocycles. The van der Waals surface area contributed by atoms with Crippen molar-refractivity contribution in [1.82, 2.24) is 9.55 Å². The van der Waals surface area contributed by atoms with Gasteiger partial charge in [-0.25, -0.2) is 9.78 Å². The number of carbonyl (C=O) groups is 1. The molecule has 0 atom stereocenters. The fraction of sp³-hybridized carbons (Fsp3) is 0.583. The van der Waals surface area contributed by atoms with E-state index < -0.39 is 14.0 Å². The van der Waals surface area contributed by atoms with E-state index in [0.29, 0.717) is 12.4 Å². The summed E-state index contributed by atoms with van der Waals surface area (Å²) < 4.78 is 11.8. The second kappa shape index (κ2) is 7.20. The SMILES string of the molecule is COC(=O)c1cn(COCC[Si](C)(C)C)c(C=NO)n1. The second-order valence-corrected chi connectivity index (χ2v) is 11.2. The third-order valence-corrected chi connectivity index (χ3v) is 4.31. The van der Waals surface area contributed by atoms with Gasteiger partial charge in [-0.2, -0.15) is 0 Å². The Morgan fingerprint density at radius 3 is 2.80 bits per heavy atom. The minimum atomic E-state index is -1.13. The molecule has 0 spiro atoms. The van der Waals surface area contributed by atoms with Gasteiger partial charge >= 0.3 is 5.97 Å². The first kappa shape index (κ1) is 16.4. The zero-order valence-corrected chi connectivity index (χ0v) is 13.3. The maximum atomic E-state index is 11.4. The van der Waals surface area contributed by atoms with Crippen LogP contribution >= 0.6 is 0 Å². The summed E-state index contributed by atoms with van der Waals surface area (Å²) in [6.45, 7) is 7.71. The van der Waals surface area contributed by atoms with E-state index in [1.54, 1.807) is 4.57 Å². The number of esters is 1. The highest BCUT2D eigenvalue weighted by Gasteiger charge is 2.15. The molecule has 1 heterocycles. The molecule has 1 rings (SSSR count). The molecule has 112 valence electrons. The summed E-state index contributed by atoms with van der Waals surface area (Å²) in [4.78, 5) is 15.4. The molecule has 8 heteroatoms. The Bertz CT molecular complexity index is 480. The number of imidazole rings is 1. The molecule has 0 fully saturated rings. The first-order chi connectivity index (χ1) is 9.37. The van der Waals surface area contributed by atoms with Crippen LogP contribution in [0.15, 0.2) is 11.4 Å².